The fraction of sp³-hybridized carbons (Fsp3) is 0.440. The lowest BCUT2D eigenvalue weighted by Crippen LogP contribution is -2.47. The van der Waals surface area contributed by atoms with Crippen molar-refractivity contribution in [3.63, 3.8) is 0 Å². The van der Waals surface area contributed by atoms with Crippen LogP contribution in [0.2, 0.25) is 0 Å². The van der Waals surface area contributed by atoms with E-state index in [-0.39, 0.29) is 11.9 Å². The molecule has 158 valence electrons. The van der Waals surface area contributed by atoms with Gasteiger partial charge in [0.05, 0.1) is 6.07 Å². The van der Waals surface area contributed by atoms with E-state index < -0.39 is 5.41 Å². The van der Waals surface area contributed by atoms with Crippen LogP contribution in [0.1, 0.15) is 30.4 Å². The molecule has 30 heavy (non-hydrogen) atoms. The molecule has 5 nitrogen and oxygen atoms in total. The first kappa shape index (κ1) is 21.9. The van der Waals surface area contributed by atoms with Gasteiger partial charge in [0.15, 0.2) is 0 Å². The molecule has 0 spiro atoms. The number of nitrogens with zero attached hydrogens (tertiary/aromatic N) is 3. The van der Waals surface area contributed by atoms with Crippen molar-refractivity contribution < 1.29 is 4.79 Å². The van der Waals surface area contributed by atoms with Gasteiger partial charge in [-0.3, -0.25) is 0 Å². The van der Waals surface area contributed by atoms with Crippen LogP contribution in [0.5, 0.6) is 0 Å². The van der Waals surface area contributed by atoms with E-state index in [1.165, 1.54) is 0 Å². The number of carbonyl (C=O) groups excluding carboxylic acids is 1. The number of benzene rings is 2. The molecule has 1 aliphatic heterocycles. The predicted molar refractivity (Wildman–Crippen MR) is 120 cm³/mol. The lowest BCUT2D eigenvalue weighted by Gasteiger charge is -2.38. The van der Waals surface area contributed by atoms with E-state index in [0.717, 1.165) is 43.5 Å². The van der Waals surface area contributed by atoms with Gasteiger partial charge >= 0.3 is 6.03 Å². The topological polar surface area (TPSA) is 59.4 Å². The molecule has 1 fully saturated rings. The molecule has 1 saturated heterocycles. The van der Waals surface area contributed by atoms with Crippen LogP contribution in [0.4, 0.5) is 4.79 Å². The van der Waals surface area contributed by atoms with Crippen LogP contribution in [0.3, 0.4) is 0 Å². The minimum absolute atomic E-state index is 0.0226. The second-order valence-corrected chi connectivity index (χ2v) is 8.33. The maximum absolute atomic E-state index is 12.9. The van der Waals surface area contributed by atoms with Gasteiger partial charge in [-0.05, 0) is 38.1 Å². The number of nitrogens with one attached hydrogen (secondary N) is 1. The van der Waals surface area contributed by atoms with Crippen LogP contribution in [0.25, 0.3) is 0 Å². The zero-order chi connectivity index (χ0) is 21.4. The number of likely N-dealkylation sites (N-methyl/N-ethyl adjacent to an activating group) is 1. The number of nitriles is 1. The fourth-order valence-electron chi connectivity index (χ4n) is 4.44. The SMILES string of the molecule is CN(C)CCNC(=O)N1CCCCC(C(C#N)(c2ccccc2)c2ccccc2)C1. The molecular weight excluding hydrogens is 372 g/mol. The predicted octanol–water partition coefficient (Wildman–Crippen LogP) is 3.87. The van der Waals surface area contributed by atoms with Gasteiger partial charge in [0.2, 0.25) is 0 Å². The Labute approximate surface area is 180 Å². The van der Waals surface area contributed by atoms with Crippen molar-refractivity contribution in [2.45, 2.75) is 24.7 Å². The summed E-state index contributed by atoms with van der Waals surface area (Å²) >= 11 is 0. The molecule has 5 heteroatoms. The lowest BCUT2D eigenvalue weighted by atomic mass is 9.65. The zero-order valence-electron chi connectivity index (χ0n) is 18.1. The highest BCUT2D eigenvalue weighted by atomic mass is 16.2. The van der Waals surface area contributed by atoms with Crippen LogP contribution >= 0.6 is 0 Å². The molecule has 3 rings (SSSR count). The molecule has 1 unspecified atom stereocenters. The second-order valence-electron chi connectivity index (χ2n) is 8.33. The Morgan fingerprint density at radius 2 is 1.70 bits per heavy atom. The van der Waals surface area contributed by atoms with Gasteiger partial charge < -0.3 is 15.1 Å². The van der Waals surface area contributed by atoms with Gasteiger partial charge in [0.25, 0.3) is 0 Å². The van der Waals surface area contributed by atoms with Gasteiger partial charge in [-0.2, -0.15) is 5.26 Å². The monoisotopic (exact) mass is 404 g/mol. The molecule has 1 heterocycles. The smallest absolute Gasteiger partial charge is 0.317 e. The molecule has 0 aromatic heterocycles. The summed E-state index contributed by atoms with van der Waals surface area (Å²) in [4.78, 5) is 16.8. The quantitative estimate of drug-likeness (QED) is 0.795. The Morgan fingerprint density at radius 1 is 1.10 bits per heavy atom. The first-order chi connectivity index (χ1) is 14.6. The lowest BCUT2D eigenvalue weighted by molar-refractivity contribution is 0.184. The third kappa shape index (κ3) is 4.83. The van der Waals surface area contributed by atoms with Gasteiger partial charge in [-0.15, -0.1) is 0 Å². The molecule has 0 saturated carbocycles. The molecule has 1 aliphatic rings. The standard InChI is InChI=1S/C25H32N4O/c1-28(2)18-16-27-24(30)29-17-10-9-15-23(19-29)25(20-26,21-11-5-3-6-12-21)22-13-7-4-8-14-22/h3-8,11-14,23H,9-10,15-19H2,1-2H3,(H,27,30). The normalized spacial score (nSPS) is 17.3. The number of urea groups is 1. The van der Waals surface area contributed by atoms with Crippen molar-refractivity contribution in [1.29, 1.82) is 5.26 Å². The number of likely N-dealkylation sites (tertiary alicyclic amines) is 1. The number of hydrogen-bond donors (Lipinski definition) is 1. The molecule has 2 aromatic carbocycles. The first-order valence-electron chi connectivity index (χ1n) is 10.8. The molecule has 2 amide bonds. The molecular formula is C25H32N4O. The number of rotatable bonds is 6. The molecule has 0 radical (unpaired) electrons. The first-order valence-corrected chi connectivity index (χ1v) is 10.8. The molecule has 0 bridgehead atoms. The van der Waals surface area contributed by atoms with E-state index in [1.807, 2.05) is 79.7 Å². The number of amides is 2. The Morgan fingerprint density at radius 3 is 2.23 bits per heavy atom. The van der Waals surface area contributed by atoms with Crippen LogP contribution < -0.4 is 5.32 Å². The van der Waals surface area contributed by atoms with E-state index in [9.17, 15) is 10.1 Å². The summed E-state index contributed by atoms with van der Waals surface area (Å²) in [7, 11) is 3.99. The van der Waals surface area contributed by atoms with Gasteiger partial charge in [-0.25, -0.2) is 4.79 Å². The Kier molecular flexibility index (Phi) is 7.48. The van der Waals surface area contributed by atoms with E-state index in [4.69, 9.17) is 0 Å². The molecule has 2 aromatic rings. The van der Waals surface area contributed by atoms with Crippen molar-refractivity contribution in [3.8, 4) is 6.07 Å². The number of hydrogen-bond acceptors (Lipinski definition) is 3. The van der Waals surface area contributed by atoms with Crippen molar-refractivity contribution in [2.24, 2.45) is 5.92 Å². The summed E-state index contributed by atoms with van der Waals surface area (Å²) in [6, 6.07) is 22.8. The molecule has 1 atom stereocenters. The second kappa shape index (κ2) is 10.3. The summed E-state index contributed by atoms with van der Waals surface area (Å²) in [5, 5.41) is 13.6. The number of carbonyl (C=O) groups is 1. The maximum Gasteiger partial charge on any atom is 0.317 e. The summed E-state index contributed by atoms with van der Waals surface area (Å²) < 4.78 is 0. The van der Waals surface area contributed by atoms with Gasteiger partial charge in [0, 0.05) is 32.1 Å². The van der Waals surface area contributed by atoms with Crippen LogP contribution in [-0.2, 0) is 5.41 Å². The zero-order valence-corrected chi connectivity index (χ0v) is 18.1. The maximum atomic E-state index is 12.9. The van der Waals surface area contributed by atoms with Crippen molar-refractivity contribution >= 4 is 6.03 Å². The van der Waals surface area contributed by atoms with Gasteiger partial charge in [0.1, 0.15) is 5.41 Å². The average molecular weight is 405 g/mol. The van der Waals surface area contributed by atoms with Crippen molar-refractivity contribution in [2.75, 3.05) is 40.3 Å². The summed E-state index contributed by atoms with van der Waals surface area (Å²) in [6.07, 6.45) is 2.89. The van der Waals surface area contributed by atoms with Crippen molar-refractivity contribution in [1.82, 2.24) is 15.1 Å². The third-order valence-electron chi connectivity index (χ3n) is 6.04. The van der Waals surface area contributed by atoms with Crippen LogP contribution in [-0.4, -0.2) is 56.1 Å². The Bertz CT molecular complexity index is 805. The van der Waals surface area contributed by atoms with E-state index in [0.29, 0.717) is 13.1 Å². The highest BCUT2D eigenvalue weighted by molar-refractivity contribution is 5.74. The van der Waals surface area contributed by atoms with E-state index in [1.54, 1.807) is 0 Å². The highest BCUT2D eigenvalue weighted by Crippen LogP contribution is 2.42. The molecule has 1 N–H and O–H groups in total. The third-order valence-corrected chi connectivity index (χ3v) is 6.04. The summed E-state index contributed by atoms with van der Waals surface area (Å²) in [5.74, 6) is 0.0226. The van der Waals surface area contributed by atoms with Crippen LogP contribution in [0, 0.1) is 17.2 Å². The summed E-state index contributed by atoms with van der Waals surface area (Å²) in [5.41, 5.74) is 1.21. The minimum atomic E-state index is -0.783. The van der Waals surface area contributed by atoms with Gasteiger partial charge in [-0.1, -0.05) is 67.1 Å². The van der Waals surface area contributed by atoms with E-state index in [2.05, 4.69) is 16.3 Å². The fourth-order valence-corrected chi connectivity index (χ4v) is 4.44. The average Bonchev–Trinajstić information content (AvgIpc) is 3.03. The minimum Gasteiger partial charge on any atom is -0.337 e. The summed E-state index contributed by atoms with van der Waals surface area (Å²) in [6.45, 7) is 2.73. The Hall–Kier alpha value is -2.84. The van der Waals surface area contributed by atoms with E-state index >= 15 is 0 Å². The van der Waals surface area contributed by atoms with Crippen molar-refractivity contribution in [3.05, 3.63) is 71.8 Å². The largest absolute Gasteiger partial charge is 0.337 e. The molecule has 0 aliphatic carbocycles. The van der Waals surface area contributed by atoms with Crippen LogP contribution in [0.15, 0.2) is 60.7 Å². The Balaban J connectivity index is 1.93. The highest BCUT2D eigenvalue weighted by Gasteiger charge is 2.44.